The smallest absolute Gasteiger partial charge is 0.410 e. The zero-order valence-electron chi connectivity index (χ0n) is 14.9. The number of nitriles is 1. The van der Waals surface area contributed by atoms with Gasteiger partial charge in [-0.1, -0.05) is 30.3 Å². The van der Waals surface area contributed by atoms with Crippen molar-refractivity contribution >= 4 is 12.1 Å². The van der Waals surface area contributed by atoms with E-state index in [1.54, 1.807) is 20.8 Å². The maximum atomic E-state index is 12.5. The molecule has 6 nitrogen and oxygen atoms in total. The number of piperidine rings is 1. The Hall–Kier alpha value is -2.55. The fourth-order valence-electron chi connectivity index (χ4n) is 2.62. The van der Waals surface area contributed by atoms with Gasteiger partial charge in [-0.05, 0) is 39.2 Å². The Labute approximate surface area is 148 Å². The fourth-order valence-corrected chi connectivity index (χ4v) is 2.62. The molecule has 0 N–H and O–H groups in total. The normalized spacial score (nSPS) is 16.6. The summed E-state index contributed by atoms with van der Waals surface area (Å²) in [6.45, 7) is 6.13. The predicted molar refractivity (Wildman–Crippen MR) is 91.3 cm³/mol. The first-order chi connectivity index (χ1) is 11.8. The summed E-state index contributed by atoms with van der Waals surface area (Å²) in [4.78, 5) is 26.1. The van der Waals surface area contributed by atoms with Gasteiger partial charge in [-0.25, -0.2) is 4.79 Å². The minimum absolute atomic E-state index is 0.138. The Morgan fingerprint density at radius 3 is 2.32 bits per heavy atom. The molecule has 0 aliphatic carbocycles. The largest absolute Gasteiger partial charge is 0.460 e. The monoisotopic (exact) mass is 344 g/mol. The number of esters is 1. The molecule has 6 heteroatoms. The molecule has 0 unspecified atom stereocenters. The van der Waals surface area contributed by atoms with Crippen molar-refractivity contribution in [3.8, 4) is 6.07 Å². The Balaban J connectivity index is 1.93. The summed E-state index contributed by atoms with van der Waals surface area (Å²) in [6, 6.07) is 11.4. The zero-order chi connectivity index (χ0) is 18.5. The highest BCUT2D eigenvalue weighted by Gasteiger charge is 2.44. The number of amides is 1. The predicted octanol–water partition coefficient (Wildman–Crippen LogP) is 3.27. The molecule has 134 valence electrons. The van der Waals surface area contributed by atoms with Crippen molar-refractivity contribution < 1.29 is 19.1 Å². The van der Waals surface area contributed by atoms with Crippen molar-refractivity contribution in [1.82, 2.24) is 4.90 Å². The van der Waals surface area contributed by atoms with Crippen LogP contribution >= 0.6 is 0 Å². The van der Waals surface area contributed by atoms with Gasteiger partial charge in [-0.2, -0.15) is 5.26 Å². The summed E-state index contributed by atoms with van der Waals surface area (Å²) < 4.78 is 10.7. The maximum Gasteiger partial charge on any atom is 0.410 e. The summed E-state index contributed by atoms with van der Waals surface area (Å²) in [5.74, 6) is -0.525. The molecular formula is C19H24N2O4. The van der Waals surface area contributed by atoms with Crippen LogP contribution in [0.15, 0.2) is 30.3 Å². The van der Waals surface area contributed by atoms with Gasteiger partial charge in [0.05, 0.1) is 6.07 Å². The van der Waals surface area contributed by atoms with Crippen LogP contribution in [0.2, 0.25) is 0 Å². The van der Waals surface area contributed by atoms with E-state index < -0.39 is 23.1 Å². The first-order valence-corrected chi connectivity index (χ1v) is 8.36. The minimum Gasteiger partial charge on any atom is -0.460 e. The van der Waals surface area contributed by atoms with E-state index in [0.717, 1.165) is 5.56 Å². The fraction of sp³-hybridized carbons (Fsp3) is 0.526. The van der Waals surface area contributed by atoms with Crippen LogP contribution in [0.5, 0.6) is 0 Å². The van der Waals surface area contributed by atoms with E-state index >= 15 is 0 Å². The molecule has 1 heterocycles. The Morgan fingerprint density at radius 2 is 1.80 bits per heavy atom. The lowest BCUT2D eigenvalue weighted by Crippen LogP contribution is -2.47. The molecule has 25 heavy (non-hydrogen) atoms. The van der Waals surface area contributed by atoms with Crippen LogP contribution in [0.3, 0.4) is 0 Å². The van der Waals surface area contributed by atoms with E-state index in [2.05, 4.69) is 6.07 Å². The second kappa shape index (κ2) is 7.56. The molecule has 2 rings (SSSR count). The minimum atomic E-state index is -1.20. The van der Waals surface area contributed by atoms with Crippen LogP contribution in [0.1, 0.15) is 39.2 Å². The molecule has 1 saturated heterocycles. The number of carbonyl (C=O) groups excluding carboxylic acids is 2. The van der Waals surface area contributed by atoms with Gasteiger partial charge >= 0.3 is 12.1 Å². The number of carbonyl (C=O) groups is 2. The Morgan fingerprint density at radius 1 is 1.20 bits per heavy atom. The molecular weight excluding hydrogens is 320 g/mol. The van der Waals surface area contributed by atoms with E-state index in [1.165, 1.54) is 4.90 Å². The van der Waals surface area contributed by atoms with Crippen LogP contribution < -0.4 is 0 Å². The lowest BCUT2D eigenvalue weighted by molar-refractivity contribution is -0.156. The maximum absolute atomic E-state index is 12.5. The lowest BCUT2D eigenvalue weighted by Gasteiger charge is -2.36. The second-order valence-electron chi connectivity index (χ2n) is 7.22. The van der Waals surface area contributed by atoms with E-state index in [9.17, 15) is 14.9 Å². The molecule has 0 bridgehead atoms. The third kappa shape index (κ3) is 4.96. The van der Waals surface area contributed by atoms with E-state index in [4.69, 9.17) is 9.47 Å². The average Bonchev–Trinajstić information content (AvgIpc) is 2.59. The first-order valence-electron chi connectivity index (χ1n) is 8.36. The van der Waals surface area contributed by atoms with Crippen LogP contribution in [-0.2, 0) is 20.9 Å². The van der Waals surface area contributed by atoms with Crippen LogP contribution in [-0.4, -0.2) is 35.7 Å². The number of likely N-dealkylation sites (tertiary alicyclic amines) is 1. The summed E-state index contributed by atoms with van der Waals surface area (Å²) in [6.07, 6.45) is 0.0731. The van der Waals surface area contributed by atoms with Crippen molar-refractivity contribution in [2.75, 3.05) is 13.1 Å². The topological polar surface area (TPSA) is 79.6 Å². The highest BCUT2D eigenvalue weighted by atomic mass is 16.6. The summed E-state index contributed by atoms with van der Waals surface area (Å²) in [5, 5.41) is 9.53. The highest BCUT2D eigenvalue weighted by molar-refractivity contribution is 5.80. The number of nitrogens with zero attached hydrogens (tertiary/aromatic N) is 2. The van der Waals surface area contributed by atoms with Gasteiger partial charge in [-0.15, -0.1) is 0 Å². The van der Waals surface area contributed by atoms with Crippen molar-refractivity contribution in [3.05, 3.63) is 35.9 Å². The molecule has 1 aliphatic heterocycles. The third-order valence-corrected chi connectivity index (χ3v) is 4.09. The van der Waals surface area contributed by atoms with Crippen molar-refractivity contribution in [2.24, 2.45) is 5.41 Å². The second-order valence-corrected chi connectivity index (χ2v) is 7.22. The van der Waals surface area contributed by atoms with Gasteiger partial charge in [-0.3, -0.25) is 4.79 Å². The third-order valence-electron chi connectivity index (χ3n) is 4.09. The van der Waals surface area contributed by atoms with Gasteiger partial charge in [0, 0.05) is 13.1 Å². The zero-order valence-corrected chi connectivity index (χ0v) is 14.9. The van der Waals surface area contributed by atoms with E-state index in [-0.39, 0.29) is 19.4 Å². The van der Waals surface area contributed by atoms with Gasteiger partial charge in [0.2, 0.25) is 0 Å². The standard InChI is InChI=1S/C19H24N2O4/c1-18(2,3)25-17(23)21-11-9-19(14-20,10-12-21)16(22)24-13-15-7-5-4-6-8-15/h4-8H,9-13H2,1-3H3. The molecule has 1 fully saturated rings. The summed E-state index contributed by atoms with van der Waals surface area (Å²) in [7, 11) is 0. The van der Waals surface area contributed by atoms with Crippen LogP contribution in [0.25, 0.3) is 0 Å². The molecule has 1 amide bonds. The number of hydrogen-bond acceptors (Lipinski definition) is 5. The number of hydrogen-bond donors (Lipinski definition) is 0. The molecule has 0 radical (unpaired) electrons. The van der Waals surface area contributed by atoms with Crippen LogP contribution in [0, 0.1) is 16.7 Å². The molecule has 1 aliphatic rings. The average molecular weight is 344 g/mol. The molecule has 1 aromatic rings. The van der Waals surface area contributed by atoms with Crippen molar-refractivity contribution in [1.29, 1.82) is 5.26 Å². The van der Waals surface area contributed by atoms with Gasteiger partial charge < -0.3 is 14.4 Å². The highest BCUT2D eigenvalue weighted by Crippen LogP contribution is 2.33. The summed E-state index contributed by atoms with van der Waals surface area (Å²) >= 11 is 0. The summed E-state index contributed by atoms with van der Waals surface area (Å²) in [5.41, 5.74) is -0.905. The van der Waals surface area contributed by atoms with Crippen LogP contribution in [0.4, 0.5) is 4.79 Å². The molecule has 0 saturated carbocycles. The SMILES string of the molecule is CC(C)(C)OC(=O)N1CCC(C#N)(C(=O)OCc2ccccc2)CC1. The molecule has 0 aromatic heterocycles. The Bertz CT molecular complexity index is 650. The number of benzene rings is 1. The van der Waals surface area contributed by atoms with Gasteiger partial charge in [0.25, 0.3) is 0 Å². The van der Waals surface area contributed by atoms with Crippen molar-refractivity contribution in [2.45, 2.75) is 45.8 Å². The van der Waals surface area contributed by atoms with Crippen molar-refractivity contribution in [3.63, 3.8) is 0 Å². The lowest BCUT2D eigenvalue weighted by atomic mass is 9.80. The number of ether oxygens (including phenoxy) is 2. The van der Waals surface area contributed by atoms with Gasteiger partial charge in [0.1, 0.15) is 12.2 Å². The quantitative estimate of drug-likeness (QED) is 0.786. The molecule has 0 spiro atoms. The Kier molecular flexibility index (Phi) is 5.68. The molecule has 1 aromatic carbocycles. The van der Waals surface area contributed by atoms with Gasteiger partial charge in [0.15, 0.2) is 5.41 Å². The number of rotatable bonds is 3. The van der Waals surface area contributed by atoms with E-state index in [0.29, 0.717) is 13.1 Å². The first kappa shape index (κ1) is 18.8. The molecule has 0 atom stereocenters. The van der Waals surface area contributed by atoms with E-state index in [1.807, 2.05) is 30.3 Å².